The molecule has 5 heteroatoms. The van der Waals surface area contributed by atoms with Crippen LogP contribution in [0.2, 0.25) is 0 Å². The van der Waals surface area contributed by atoms with Gasteiger partial charge in [-0.1, -0.05) is 35.9 Å². The summed E-state index contributed by atoms with van der Waals surface area (Å²) in [6.07, 6.45) is 5.28. The molecule has 0 saturated carbocycles. The van der Waals surface area contributed by atoms with Crippen molar-refractivity contribution in [3.8, 4) is 5.88 Å². The molecular weight excluding hydrogens is 306 g/mol. The van der Waals surface area contributed by atoms with Gasteiger partial charge in [0.25, 0.3) is 5.88 Å². The highest BCUT2D eigenvalue weighted by atomic mass is 32.1. The number of rotatable bonds is 6. The molecule has 0 aliphatic carbocycles. The van der Waals surface area contributed by atoms with Gasteiger partial charge in [0, 0.05) is 6.04 Å². The minimum absolute atomic E-state index is 0.308. The van der Waals surface area contributed by atoms with E-state index in [1.165, 1.54) is 28.4 Å². The number of benzene rings is 1. The summed E-state index contributed by atoms with van der Waals surface area (Å²) in [7, 11) is 0. The van der Waals surface area contributed by atoms with E-state index in [9.17, 15) is 0 Å². The van der Waals surface area contributed by atoms with Crippen molar-refractivity contribution in [3.63, 3.8) is 0 Å². The number of hydrogen-bond acceptors (Lipinski definition) is 5. The van der Waals surface area contributed by atoms with E-state index in [2.05, 4.69) is 58.3 Å². The Balaban J connectivity index is 1.54. The minimum atomic E-state index is 0.308. The van der Waals surface area contributed by atoms with Crippen molar-refractivity contribution in [1.29, 1.82) is 0 Å². The largest absolute Gasteiger partial charge is 0.475 e. The molecule has 0 amide bonds. The van der Waals surface area contributed by atoms with E-state index in [0.29, 0.717) is 18.5 Å². The Kier molecular flexibility index (Phi) is 5.41. The van der Waals surface area contributed by atoms with Crippen LogP contribution in [-0.2, 0) is 6.42 Å². The number of aryl methyl sites for hydroxylation is 2. The highest BCUT2D eigenvalue weighted by molar-refractivity contribution is 6.99. The van der Waals surface area contributed by atoms with E-state index < -0.39 is 0 Å². The summed E-state index contributed by atoms with van der Waals surface area (Å²) in [6.45, 7) is 5.96. The average Bonchev–Trinajstić information content (AvgIpc) is 3.02. The van der Waals surface area contributed by atoms with Crippen LogP contribution in [0.25, 0.3) is 5.57 Å². The topological polar surface area (TPSA) is 47.0 Å². The van der Waals surface area contributed by atoms with Crippen molar-refractivity contribution in [2.45, 2.75) is 39.2 Å². The van der Waals surface area contributed by atoms with Crippen molar-refractivity contribution < 1.29 is 4.74 Å². The lowest BCUT2D eigenvalue weighted by molar-refractivity contribution is 0.300. The Hall–Kier alpha value is -1.72. The second-order valence-corrected chi connectivity index (χ2v) is 6.51. The fraction of sp³-hybridized carbons (Fsp3) is 0.444. The van der Waals surface area contributed by atoms with Crippen LogP contribution < -0.4 is 10.1 Å². The molecule has 1 N–H and O–H groups in total. The molecule has 23 heavy (non-hydrogen) atoms. The summed E-state index contributed by atoms with van der Waals surface area (Å²) in [5.74, 6) is 0.681. The molecule has 0 saturated heterocycles. The van der Waals surface area contributed by atoms with Gasteiger partial charge in [-0.05, 0) is 50.8 Å². The molecule has 1 aromatic heterocycles. The standard InChI is InChI=1S/C18H23N3OS/c1-13-7-9-15(10-8-13)5-4-12-22-18-17(20-23-21-18)16-6-3-11-19-14(16)2/h6-10,14,19H,3-5,11-12H2,1-2H3. The lowest BCUT2D eigenvalue weighted by Crippen LogP contribution is -2.31. The number of nitrogens with one attached hydrogen (secondary N) is 1. The zero-order valence-electron chi connectivity index (χ0n) is 13.7. The van der Waals surface area contributed by atoms with Crippen molar-refractivity contribution >= 4 is 17.3 Å². The maximum Gasteiger partial charge on any atom is 0.253 e. The molecule has 0 fully saturated rings. The highest BCUT2D eigenvalue weighted by Crippen LogP contribution is 2.28. The molecule has 122 valence electrons. The summed E-state index contributed by atoms with van der Waals surface area (Å²) in [6, 6.07) is 8.99. The van der Waals surface area contributed by atoms with Crippen molar-refractivity contribution in [1.82, 2.24) is 14.1 Å². The Morgan fingerprint density at radius 3 is 2.87 bits per heavy atom. The first kappa shape index (κ1) is 16.1. The third kappa shape index (κ3) is 4.18. The summed E-state index contributed by atoms with van der Waals surface area (Å²) in [5, 5.41) is 3.45. The van der Waals surface area contributed by atoms with Crippen LogP contribution in [-0.4, -0.2) is 27.9 Å². The van der Waals surface area contributed by atoms with Gasteiger partial charge in [-0.3, -0.25) is 0 Å². The van der Waals surface area contributed by atoms with Gasteiger partial charge in [0.05, 0.1) is 18.3 Å². The minimum Gasteiger partial charge on any atom is -0.475 e. The van der Waals surface area contributed by atoms with Gasteiger partial charge in [0.1, 0.15) is 5.69 Å². The molecule has 4 nitrogen and oxygen atoms in total. The van der Waals surface area contributed by atoms with Crippen LogP contribution >= 0.6 is 11.7 Å². The first-order valence-electron chi connectivity index (χ1n) is 8.19. The Bertz CT molecular complexity index is 663. The van der Waals surface area contributed by atoms with E-state index in [1.807, 2.05) is 0 Å². The Morgan fingerprint density at radius 1 is 1.26 bits per heavy atom. The van der Waals surface area contributed by atoms with Gasteiger partial charge in [-0.2, -0.15) is 4.37 Å². The quantitative estimate of drug-likeness (QED) is 0.822. The van der Waals surface area contributed by atoms with Gasteiger partial charge < -0.3 is 10.1 Å². The molecule has 1 aromatic carbocycles. The highest BCUT2D eigenvalue weighted by Gasteiger charge is 2.21. The Labute approximate surface area is 141 Å². The lowest BCUT2D eigenvalue weighted by atomic mass is 10.0. The van der Waals surface area contributed by atoms with Crippen molar-refractivity contribution in [2.24, 2.45) is 0 Å². The average molecular weight is 329 g/mol. The molecule has 2 aromatic rings. The van der Waals surface area contributed by atoms with Crippen LogP contribution in [0, 0.1) is 6.92 Å². The van der Waals surface area contributed by atoms with Crippen LogP contribution in [0.5, 0.6) is 5.88 Å². The van der Waals surface area contributed by atoms with Gasteiger partial charge in [0.15, 0.2) is 0 Å². The smallest absolute Gasteiger partial charge is 0.253 e. The molecule has 0 spiro atoms. The number of nitrogens with zero attached hydrogens (tertiary/aromatic N) is 2. The fourth-order valence-electron chi connectivity index (χ4n) is 2.77. The molecule has 1 unspecified atom stereocenters. The maximum atomic E-state index is 5.89. The second-order valence-electron chi connectivity index (χ2n) is 5.98. The SMILES string of the molecule is Cc1ccc(CCCOc2nsnc2C2=CCCNC2C)cc1. The Morgan fingerprint density at radius 2 is 2.09 bits per heavy atom. The predicted molar refractivity (Wildman–Crippen MR) is 95.0 cm³/mol. The zero-order valence-corrected chi connectivity index (χ0v) is 14.5. The predicted octanol–water partition coefficient (Wildman–Crippen LogP) is 3.62. The second kappa shape index (κ2) is 7.70. The first-order chi connectivity index (χ1) is 11.2. The monoisotopic (exact) mass is 329 g/mol. The molecule has 0 radical (unpaired) electrons. The fourth-order valence-corrected chi connectivity index (χ4v) is 3.29. The summed E-state index contributed by atoms with van der Waals surface area (Å²) >= 11 is 1.22. The van der Waals surface area contributed by atoms with Crippen LogP contribution in [0.15, 0.2) is 30.3 Å². The van der Waals surface area contributed by atoms with E-state index >= 15 is 0 Å². The summed E-state index contributed by atoms with van der Waals surface area (Å²) in [4.78, 5) is 0. The number of aromatic nitrogens is 2. The lowest BCUT2D eigenvalue weighted by Gasteiger charge is -2.21. The van der Waals surface area contributed by atoms with Crippen LogP contribution in [0.3, 0.4) is 0 Å². The normalized spacial score (nSPS) is 17.8. The summed E-state index contributed by atoms with van der Waals surface area (Å²) in [5.41, 5.74) is 4.76. The van der Waals surface area contributed by atoms with E-state index in [4.69, 9.17) is 4.74 Å². The molecular formula is C18H23N3OS. The molecule has 0 bridgehead atoms. The first-order valence-corrected chi connectivity index (χ1v) is 8.92. The van der Waals surface area contributed by atoms with E-state index in [-0.39, 0.29) is 0 Å². The zero-order chi connectivity index (χ0) is 16.1. The number of ether oxygens (including phenoxy) is 1. The van der Waals surface area contributed by atoms with Crippen molar-refractivity contribution in [3.05, 3.63) is 47.2 Å². The van der Waals surface area contributed by atoms with E-state index in [1.54, 1.807) is 0 Å². The van der Waals surface area contributed by atoms with Gasteiger partial charge >= 0.3 is 0 Å². The van der Waals surface area contributed by atoms with Gasteiger partial charge in [-0.25, -0.2) is 0 Å². The van der Waals surface area contributed by atoms with Gasteiger partial charge in [-0.15, -0.1) is 4.37 Å². The van der Waals surface area contributed by atoms with E-state index in [0.717, 1.165) is 31.5 Å². The molecule has 3 rings (SSSR count). The molecule has 1 aliphatic rings. The third-order valence-corrected chi connectivity index (χ3v) is 4.64. The van der Waals surface area contributed by atoms with Crippen LogP contribution in [0.4, 0.5) is 0 Å². The van der Waals surface area contributed by atoms with Crippen molar-refractivity contribution in [2.75, 3.05) is 13.2 Å². The van der Waals surface area contributed by atoms with Crippen LogP contribution in [0.1, 0.15) is 36.6 Å². The molecule has 1 aliphatic heterocycles. The number of hydrogen-bond donors (Lipinski definition) is 1. The third-order valence-electron chi connectivity index (χ3n) is 4.13. The van der Waals surface area contributed by atoms with Gasteiger partial charge in [0.2, 0.25) is 0 Å². The molecule has 2 heterocycles. The molecule has 1 atom stereocenters. The summed E-state index contributed by atoms with van der Waals surface area (Å²) < 4.78 is 14.6. The maximum absolute atomic E-state index is 5.89.